The van der Waals surface area contributed by atoms with Gasteiger partial charge < -0.3 is 14.0 Å². The van der Waals surface area contributed by atoms with Crippen molar-refractivity contribution in [2.24, 2.45) is 0 Å². The van der Waals surface area contributed by atoms with E-state index in [2.05, 4.69) is 25.3 Å². The fourth-order valence-corrected chi connectivity index (χ4v) is 2.34. The molecule has 0 aliphatic carbocycles. The lowest BCUT2D eigenvalue weighted by Gasteiger charge is -2.21. The van der Waals surface area contributed by atoms with E-state index in [0.717, 1.165) is 6.42 Å². The van der Waals surface area contributed by atoms with Gasteiger partial charge in [0.05, 0.1) is 4.87 Å². The molecule has 0 aromatic rings. The van der Waals surface area contributed by atoms with Crippen molar-refractivity contribution >= 4 is 34.1 Å². The molecule has 11 heavy (non-hydrogen) atoms. The third-order valence-electron chi connectivity index (χ3n) is 1.13. The van der Waals surface area contributed by atoms with Crippen LogP contribution in [0.1, 0.15) is 13.3 Å². The number of thiol groups is 2. The summed E-state index contributed by atoms with van der Waals surface area (Å²) >= 11 is 7.83. The van der Waals surface area contributed by atoms with E-state index >= 15 is 0 Å². The summed E-state index contributed by atoms with van der Waals surface area (Å²) in [6, 6.07) is 0. The van der Waals surface area contributed by atoms with Crippen LogP contribution < -0.4 is 0 Å². The Bertz CT molecular complexity index is 112. The molecular formula is C5H14O3S2Si. The van der Waals surface area contributed by atoms with Crippen LogP contribution in [-0.2, 0) is 4.43 Å². The lowest BCUT2D eigenvalue weighted by molar-refractivity contribution is 0.147. The van der Waals surface area contributed by atoms with Crippen LogP contribution in [0.2, 0.25) is 0 Å². The van der Waals surface area contributed by atoms with Crippen molar-refractivity contribution in [1.82, 2.24) is 0 Å². The lowest BCUT2D eigenvalue weighted by atomic mass is 10.5. The van der Waals surface area contributed by atoms with Crippen molar-refractivity contribution in [2.75, 3.05) is 12.4 Å². The normalized spacial score (nSPS) is 15.0. The van der Waals surface area contributed by atoms with Crippen LogP contribution in [0.3, 0.4) is 0 Å². The molecule has 0 rings (SSSR count). The maximum Gasteiger partial charge on any atom is 0.509 e. The highest BCUT2D eigenvalue weighted by molar-refractivity contribution is 7.86. The summed E-state index contributed by atoms with van der Waals surface area (Å²) in [5.74, 6) is 0.312. The summed E-state index contributed by atoms with van der Waals surface area (Å²) in [5, 5.41) is 0. The molecule has 0 fully saturated rings. The highest BCUT2D eigenvalue weighted by atomic mass is 32.1. The molecule has 68 valence electrons. The second-order valence-corrected chi connectivity index (χ2v) is 5.98. The summed E-state index contributed by atoms with van der Waals surface area (Å²) in [5.41, 5.74) is 0. The van der Waals surface area contributed by atoms with Crippen LogP contribution in [-0.4, -0.2) is 35.6 Å². The van der Waals surface area contributed by atoms with Gasteiger partial charge in [0.1, 0.15) is 0 Å². The van der Waals surface area contributed by atoms with Gasteiger partial charge in [-0.15, -0.1) is 0 Å². The molecule has 0 saturated heterocycles. The molecule has 0 spiro atoms. The molecule has 6 heteroatoms. The van der Waals surface area contributed by atoms with Gasteiger partial charge >= 0.3 is 8.80 Å². The van der Waals surface area contributed by atoms with E-state index in [9.17, 15) is 9.59 Å². The molecule has 0 bridgehead atoms. The van der Waals surface area contributed by atoms with E-state index in [0.29, 0.717) is 12.4 Å². The molecule has 0 amide bonds. The fraction of sp³-hybridized carbons (Fsp3) is 1.00. The third kappa shape index (κ3) is 4.39. The van der Waals surface area contributed by atoms with Crippen molar-refractivity contribution < 1.29 is 14.0 Å². The zero-order valence-electron chi connectivity index (χ0n) is 6.40. The van der Waals surface area contributed by atoms with Crippen molar-refractivity contribution in [2.45, 2.75) is 18.2 Å². The minimum atomic E-state index is -3.54. The van der Waals surface area contributed by atoms with Crippen LogP contribution in [0.15, 0.2) is 0 Å². The van der Waals surface area contributed by atoms with E-state index in [4.69, 9.17) is 4.43 Å². The second-order valence-electron chi connectivity index (χ2n) is 2.21. The van der Waals surface area contributed by atoms with Crippen molar-refractivity contribution in [3.8, 4) is 0 Å². The van der Waals surface area contributed by atoms with Crippen molar-refractivity contribution in [3.05, 3.63) is 0 Å². The Morgan fingerprint density at radius 1 is 1.55 bits per heavy atom. The fourth-order valence-electron chi connectivity index (χ4n) is 0.467. The first kappa shape index (κ1) is 11.8. The minimum absolute atomic E-state index is 0.312. The van der Waals surface area contributed by atoms with Gasteiger partial charge in [0, 0.05) is 12.4 Å². The first-order chi connectivity index (χ1) is 5.04. The van der Waals surface area contributed by atoms with Gasteiger partial charge in [0.15, 0.2) is 0 Å². The predicted octanol–water partition coefficient (Wildman–Crippen LogP) is 0.104. The summed E-state index contributed by atoms with van der Waals surface area (Å²) in [7, 11) is -3.54. The smallest absolute Gasteiger partial charge is 0.389 e. The van der Waals surface area contributed by atoms with Crippen LogP contribution in [0.25, 0.3) is 0 Å². The highest BCUT2D eigenvalue weighted by Crippen LogP contribution is 2.11. The van der Waals surface area contributed by atoms with Crippen molar-refractivity contribution in [3.63, 3.8) is 0 Å². The SMILES string of the molecule is CCCO[Si](O)(O)C(S)CS. The molecule has 1 atom stereocenters. The summed E-state index contributed by atoms with van der Waals surface area (Å²) in [6.45, 7) is 2.27. The van der Waals surface area contributed by atoms with Crippen LogP contribution >= 0.6 is 25.3 Å². The molecule has 3 nitrogen and oxygen atoms in total. The molecule has 0 saturated carbocycles. The minimum Gasteiger partial charge on any atom is -0.389 e. The zero-order chi connectivity index (χ0) is 8.91. The van der Waals surface area contributed by atoms with Gasteiger partial charge in [0.25, 0.3) is 0 Å². The van der Waals surface area contributed by atoms with Gasteiger partial charge in [-0.3, -0.25) is 0 Å². The lowest BCUT2D eigenvalue weighted by Crippen LogP contribution is -2.50. The average molecular weight is 214 g/mol. The molecule has 1 unspecified atom stereocenters. The molecule has 0 heterocycles. The molecule has 0 aromatic carbocycles. The summed E-state index contributed by atoms with van der Waals surface area (Å²) < 4.78 is 4.86. The van der Waals surface area contributed by atoms with E-state index in [1.165, 1.54) is 0 Å². The number of hydrogen-bond donors (Lipinski definition) is 4. The van der Waals surface area contributed by atoms with Crippen molar-refractivity contribution in [1.29, 1.82) is 0 Å². The molecule has 0 radical (unpaired) electrons. The highest BCUT2D eigenvalue weighted by Gasteiger charge is 2.39. The van der Waals surface area contributed by atoms with Gasteiger partial charge in [-0.25, -0.2) is 0 Å². The quantitative estimate of drug-likeness (QED) is 0.388. The molecule has 0 aromatic heterocycles. The van der Waals surface area contributed by atoms with Gasteiger partial charge in [-0.1, -0.05) is 6.92 Å². The largest absolute Gasteiger partial charge is 0.509 e. The Morgan fingerprint density at radius 3 is 2.45 bits per heavy atom. The Balaban J connectivity index is 3.77. The molecule has 2 N–H and O–H groups in total. The van der Waals surface area contributed by atoms with Crippen LogP contribution in [0, 0.1) is 0 Å². The Morgan fingerprint density at radius 2 is 2.09 bits per heavy atom. The second kappa shape index (κ2) is 5.44. The maximum absolute atomic E-state index is 9.26. The third-order valence-corrected chi connectivity index (χ3v) is 5.02. The first-order valence-corrected chi connectivity index (χ1v) is 6.45. The monoisotopic (exact) mass is 214 g/mol. The summed E-state index contributed by atoms with van der Waals surface area (Å²) in [6.07, 6.45) is 0.767. The van der Waals surface area contributed by atoms with Crippen LogP contribution in [0.5, 0.6) is 0 Å². The van der Waals surface area contributed by atoms with E-state index < -0.39 is 13.7 Å². The van der Waals surface area contributed by atoms with Gasteiger partial charge in [-0.2, -0.15) is 25.3 Å². The molecular weight excluding hydrogens is 200 g/mol. The number of hydrogen-bond acceptors (Lipinski definition) is 5. The Labute approximate surface area is 79.0 Å². The number of rotatable bonds is 5. The van der Waals surface area contributed by atoms with Crippen LogP contribution in [0.4, 0.5) is 0 Å². The zero-order valence-corrected chi connectivity index (χ0v) is 9.18. The molecule has 0 aliphatic rings. The summed E-state index contributed by atoms with van der Waals surface area (Å²) in [4.78, 5) is 18.0. The van der Waals surface area contributed by atoms with Gasteiger partial charge in [-0.05, 0) is 6.42 Å². The Kier molecular flexibility index (Phi) is 5.84. The van der Waals surface area contributed by atoms with Gasteiger partial charge in [0.2, 0.25) is 0 Å². The average Bonchev–Trinajstić information content (AvgIpc) is 1.99. The van der Waals surface area contributed by atoms with E-state index in [-0.39, 0.29) is 0 Å². The van der Waals surface area contributed by atoms with E-state index in [1.807, 2.05) is 6.92 Å². The Hall–Kier alpha value is 0.797. The standard InChI is InChI=1S/C5H14O3S2Si/c1-2-3-8-11(6,7)5(10)4-9/h5-7,9-10H,2-4H2,1H3. The molecule has 0 aliphatic heterocycles. The first-order valence-electron chi connectivity index (χ1n) is 3.42. The predicted molar refractivity (Wildman–Crippen MR) is 53.1 cm³/mol. The topological polar surface area (TPSA) is 49.7 Å². The maximum atomic E-state index is 9.26. The van der Waals surface area contributed by atoms with E-state index in [1.54, 1.807) is 0 Å².